The maximum absolute atomic E-state index is 12.3. The zero-order valence-electron chi connectivity index (χ0n) is 13.1. The van der Waals surface area contributed by atoms with Crippen molar-refractivity contribution in [1.29, 1.82) is 0 Å². The highest BCUT2D eigenvalue weighted by atomic mass is 16.5. The first-order valence-electron chi connectivity index (χ1n) is 7.22. The Balaban J connectivity index is 1.96. The monoisotopic (exact) mass is 338 g/mol. The maximum Gasteiger partial charge on any atom is 0.349 e. The van der Waals surface area contributed by atoms with Crippen molar-refractivity contribution in [3.8, 4) is 5.75 Å². The molecule has 0 bridgehead atoms. The van der Waals surface area contributed by atoms with E-state index in [0.29, 0.717) is 16.7 Å². The minimum absolute atomic E-state index is 0.0897. The van der Waals surface area contributed by atoms with Crippen molar-refractivity contribution in [2.45, 2.75) is 0 Å². The average molecular weight is 338 g/mol. The quantitative estimate of drug-likeness (QED) is 0.721. The number of carbonyl (C=O) groups excluding carboxylic acids is 2. The Labute approximate surface area is 141 Å². The number of aromatic carboxylic acids is 1. The van der Waals surface area contributed by atoms with Gasteiger partial charge in [0.25, 0.3) is 5.91 Å². The third-order valence-electron chi connectivity index (χ3n) is 3.54. The number of hydrogen-bond acceptors (Lipinski definition) is 6. The molecule has 0 saturated carbocycles. The van der Waals surface area contributed by atoms with Gasteiger partial charge in [0.1, 0.15) is 16.9 Å². The minimum Gasteiger partial charge on any atom is -0.545 e. The number of methoxy groups -OCH3 is 1. The van der Waals surface area contributed by atoms with Crippen molar-refractivity contribution < 1.29 is 23.8 Å². The number of fused-ring (bicyclic) bond motifs is 1. The maximum atomic E-state index is 12.3. The molecule has 126 valence electrons. The largest absolute Gasteiger partial charge is 0.545 e. The number of carboxylic acid groups (broad SMARTS) is 1. The molecule has 1 aromatic heterocycles. The Bertz CT molecular complexity index is 1040. The van der Waals surface area contributed by atoms with Gasteiger partial charge in [-0.15, -0.1) is 0 Å². The molecule has 0 saturated heterocycles. The van der Waals surface area contributed by atoms with Gasteiger partial charge in [0.05, 0.1) is 13.1 Å². The van der Waals surface area contributed by atoms with Crippen LogP contribution in [0.25, 0.3) is 11.0 Å². The highest BCUT2D eigenvalue weighted by Crippen LogP contribution is 2.20. The molecule has 0 aliphatic heterocycles. The molecule has 0 fully saturated rings. The number of ether oxygens (including phenoxy) is 1. The predicted octanol–water partition coefficient (Wildman–Crippen LogP) is 1.42. The van der Waals surface area contributed by atoms with Gasteiger partial charge in [0.15, 0.2) is 0 Å². The fourth-order valence-electron chi connectivity index (χ4n) is 2.31. The van der Waals surface area contributed by atoms with Crippen LogP contribution in [0, 0.1) is 0 Å². The Kier molecular flexibility index (Phi) is 4.21. The van der Waals surface area contributed by atoms with E-state index < -0.39 is 17.5 Å². The van der Waals surface area contributed by atoms with Crippen LogP contribution in [0.3, 0.4) is 0 Å². The normalized spacial score (nSPS) is 10.4. The summed E-state index contributed by atoms with van der Waals surface area (Å²) >= 11 is 0. The second-order valence-corrected chi connectivity index (χ2v) is 5.17. The van der Waals surface area contributed by atoms with E-state index in [0.717, 1.165) is 0 Å². The molecule has 1 heterocycles. The van der Waals surface area contributed by atoms with Gasteiger partial charge in [0, 0.05) is 11.1 Å². The van der Waals surface area contributed by atoms with Crippen LogP contribution in [-0.4, -0.2) is 19.0 Å². The molecule has 0 unspecified atom stereocenters. The average Bonchev–Trinajstić information content (AvgIpc) is 2.60. The van der Waals surface area contributed by atoms with Crippen LogP contribution in [0.1, 0.15) is 20.7 Å². The zero-order valence-corrected chi connectivity index (χ0v) is 13.1. The van der Waals surface area contributed by atoms with E-state index in [4.69, 9.17) is 9.15 Å². The molecule has 0 spiro atoms. The standard InChI is InChI=1S/C18H13NO6/c1-24-13-5-6-15-11(8-13)9-14(18(23)25-15)16(20)19-12-4-2-3-10(7-12)17(21)22/h2-9H,1H3,(H,19,20)(H,21,22)/p-1. The highest BCUT2D eigenvalue weighted by molar-refractivity contribution is 6.05. The Morgan fingerprint density at radius 1 is 1.12 bits per heavy atom. The number of hydrogen-bond donors (Lipinski definition) is 1. The molecule has 7 heteroatoms. The van der Waals surface area contributed by atoms with E-state index in [-0.39, 0.29) is 16.8 Å². The summed E-state index contributed by atoms with van der Waals surface area (Å²) in [5.41, 5.74) is -0.558. The first kappa shape index (κ1) is 16.3. The molecule has 1 N–H and O–H groups in total. The highest BCUT2D eigenvalue weighted by Gasteiger charge is 2.14. The Morgan fingerprint density at radius 3 is 2.64 bits per heavy atom. The summed E-state index contributed by atoms with van der Waals surface area (Å²) < 4.78 is 10.2. The summed E-state index contributed by atoms with van der Waals surface area (Å²) in [6.07, 6.45) is 0. The number of anilines is 1. The Morgan fingerprint density at radius 2 is 1.92 bits per heavy atom. The summed E-state index contributed by atoms with van der Waals surface area (Å²) in [5, 5.41) is 13.9. The molecule has 0 radical (unpaired) electrons. The lowest BCUT2D eigenvalue weighted by atomic mass is 10.1. The molecule has 0 atom stereocenters. The molecular weight excluding hydrogens is 326 g/mol. The summed E-state index contributed by atoms with van der Waals surface area (Å²) in [6.45, 7) is 0. The summed E-state index contributed by atoms with van der Waals surface area (Å²) in [6, 6.07) is 11.7. The number of nitrogens with one attached hydrogen (secondary N) is 1. The predicted molar refractivity (Wildman–Crippen MR) is 87.8 cm³/mol. The first-order chi connectivity index (χ1) is 12.0. The van der Waals surface area contributed by atoms with Gasteiger partial charge in [-0.25, -0.2) is 4.79 Å². The van der Waals surface area contributed by atoms with Gasteiger partial charge in [-0.3, -0.25) is 4.79 Å². The van der Waals surface area contributed by atoms with Gasteiger partial charge in [-0.05, 0) is 42.0 Å². The van der Waals surface area contributed by atoms with Gasteiger partial charge in [0.2, 0.25) is 0 Å². The third-order valence-corrected chi connectivity index (χ3v) is 3.54. The molecule has 1 amide bonds. The fraction of sp³-hybridized carbons (Fsp3) is 0.0556. The van der Waals surface area contributed by atoms with Crippen molar-refractivity contribution in [3.05, 3.63) is 70.1 Å². The summed E-state index contributed by atoms with van der Waals surface area (Å²) in [4.78, 5) is 35.2. The van der Waals surface area contributed by atoms with Crippen LogP contribution < -0.4 is 20.8 Å². The van der Waals surface area contributed by atoms with Crippen molar-refractivity contribution in [3.63, 3.8) is 0 Å². The molecular formula is C18H12NO6-. The number of carbonyl (C=O) groups is 2. The van der Waals surface area contributed by atoms with Crippen LogP contribution in [-0.2, 0) is 0 Å². The first-order valence-corrected chi connectivity index (χ1v) is 7.22. The van der Waals surface area contributed by atoms with Crippen LogP contribution >= 0.6 is 0 Å². The van der Waals surface area contributed by atoms with Crippen molar-refractivity contribution in [2.24, 2.45) is 0 Å². The van der Waals surface area contributed by atoms with Gasteiger partial charge in [-0.2, -0.15) is 0 Å². The van der Waals surface area contributed by atoms with E-state index in [2.05, 4.69) is 5.32 Å². The zero-order chi connectivity index (χ0) is 18.0. The van der Waals surface area contributed by atoms with E-state index in [1.807, 2.05) is 0 Å². The molecule has 0 aliphatic rings. The molecule has 3 rings (SSSR count). The lowest BCUT2D eigenvalue weighted by Gasteiger charge is -2.08. The lowest BCUT2D eigenvalue weighted by Crippen LogP contribution is -2.23. The molecule has 25 heavy (non-hydrogen) atoms. The summed E-state index contributed by atoms with van der Waals surface area (Å²) in [7, 11) is 1.50. The van der Waals surface area contributed by atoms with Gasteiger partial charge >= 0.3 is 5.63 Å². The second kappa shape index (κ2) is 6.48. The Hall–Kier alpha value is -3.61. The van der Waals surface area contributed by atoms with E-state index in [9.17, 15) is 19.5 Å². The van der Waals surface area contributed by atoms with E-state index in [1.165, 1.54) is 37.4 Å². The number of benzene rings is 2. The van der Waals surface area contributed by atoms with Crippen molar-refractivity contribution in [2.75, 3.05) is 12.4 Å². The molecule has 0 aliphatic carbocycles. The smallest absolute Gasteiger partial charge is 0.349 e. The molecule has 7 nitrogen and oxygen atoms in total. The van der Waals surface area contributed by atoms with E-state index >= 15 is 0 Å². The van der Waals surface area contributed by atoms with Crippen LogP contribution in [0.2, 0.25) is 0 Å². The topological polar surface area (TPSA) is 109 Å². The van der Waals surface area contributed by atoms with Crippen molar-refractivity contribution >= 4 is 28.5 Å². The number of carboxylic acids is 1. The van der Waals surface area contributed by atoms with Crippen LogP contribution in [0.15, 0.2) is 57.7 Å². The van der Waals surface area contributed by atoms with Crippen LogP contribution in [0.4, 0.5) is 5.69 Å². The molecule has 2 aromatic carbocycles. The van der Waals surface area contributed by atoms with Gasteiger partial charge < -0.3 is 24.4 Å². The summed E-state index contributed by atoms with van der Waals surface area (Å²) in [5.74, 6) is -1.53. The molecule has 3 aromatic rings. The van der Waals surface area contributed by atoms with Crippen molar-refractivity contribution in [1.82, 2.24) is 0 Å². The third kappa shape index (κ3) is 3.35. The number of rotatable bonds is 4. The van der Waals surface area contributed by atoms with Gasteiger partial charge in [-0.1, -0.05) is 12.1 Å². The fourth-order valence-corrected chi connectivity index (χ4v) is 2.31. The number of amides is 1. The SMILES string of the molecule is COc1ccc2oc(=O)c(C(=O)Nc3cccc(C(=O)[O-])c3)cc2c1. The lowest BCUT2D eigenvalue weighted by molar-refractivity contribution is -0.255. The van der Waals surface area contributed by atoms with E-state index in [1.54, 1.807) is 18.2 Å². The minimum atomic E-state index is -1.37. The second-order valence-electron chi connectivity index (χ2n) is 5.17. The van der Waals surface area contributed by atoms with Crippen LogP contribution in [0.5, 0.6) is 5.75 Å².